The zero-order chi connectivity index (χ0) is 17.9. The Hall–Kier alpha value is -1.87. The summed E-state index contributed by atoms with van der Waals surface area (Å²) in [4.78, 5) is 21.0. The van der Waals surface area contributed by atoms with Gasteiger partial charge in [-0.05, 0) is 25.5 Å². The molecule has 2 heterocycles. The summed E-state index contributed by atoms with van der Waals surface area (Å²) in [6.45, 7) is 2.73. The quantitative estimate of drug-likeness (QED) is 0.578. The first-order valence-corrected chi connectivity index (χ1v) is 10.9. The summed E-state index contributed by atoms with van der Waals surface area (Å²) < 4.78 is 22.9. The van der Waals surface area contributed by atoms with Crippen molar-refractivity contribution in [3.8, 4) is 0 Å². The molecule has 0 aliphatic carbocycles. The zero-order valence-corrected chi connectivity index (χ0v) is 15.5. The molecule has 0 saturated carbocycles. The first kappa shape index (κ1) is 17.9. The number of nitrogens with zero attached hydrogens (tertiary/aromatic N) is 2. The van der Waals surface area contributed by atoms with Gasteiger partial charge in [-0.15, -0.1) is 0 Å². The van der Waals surface area contributed by atoms with Crippen LogP contribution in [-0.2, 0) is 14.6 Å². The molecule has 1 aromatic heterocycles. The number of amides is 1. The lowest BCUT2D eigenvalue weighted by Gasteiger charge is -2.11. The van der Waals surface area contributed by atoms with Crippen LogP contribution in [0.15, 0.2) is 29.4 Å². The highest BCUT2D eigenvalue weighted by Crippen LogP contribution is 2.24. The van der Waals surface area contributed by atoms with E-state index < -0.39 is 9.84 Å². The molecule has 1 atom stereocenters. The van der Waals surface area contributed by atoms with Crippen molar-refractivity contribution < 1.29 is 13.2 Å². The number of aromatic nitrogens is 2. The number of anilines is 1. The molecule has 1 aliphatic rings. The Labute approximate surface area is 150 Å². The fraction of sp³-hybridized carbons (Fsp3) is 0.438. The normalized spacial score (nSPS) is 19.0. The van der Waals surface area contributed by atoms with Gasteiger partial charge in [-0.3, -0.25) is 4.79 Å². The maximum atomic E-state index is 12.1. The summed E-state index contributed by atoms with van der Waals surface area (Å²) in [6, 6.07) is 7.42. The molecule has 1 amide bonds. The molecule has 1 aromatic carbocycles. The minimum atomic E-state index is -3.00. The Kier molecular flexibility index (Phi) is 5.43. The lowest BCUT2D eigenvalue weighted by Crippen LogP contribution is -2.36. The number of carbonyl (C=O) groups excluding carboxylic acids is 1. The van der Waals surface area contributed by atoms with Gasteiger partial charge < -0.3 is 10.6 Å². The summed E-state index contributed by atoms with van der Waals surface area (Å²) in [5, 5.41) is 7.44. The summed E-state index contributed by atoms with van der Waals surface area (Å²) in [6.07, 6.45) is 0.482. The van der Waals surface area contributed by atoms with Gasteiger partial charge in [0.1, 0.15) is 5.82 Å². The molecule has 25 heavy (non-hydrogen) atoms. The van der Waals surface area contributed by atoms with Crippen molar-refractivity contribution in [1.82, 2.24) is 15.3 Å². The molecule has 0 radical (unpaired) electrons. The number of fused-ring (bicyclic) bond motifs is 1. The van der Waals surface area contributed by atoms with Gasteiger partial charge in [0.25, 0.3) is 0 Å². The lowest BCUT2D eigenvalue weighted by molar-refractivity contribution is -0.119. The second kappa shape index (κ2) is 7.57. The molecule has 0 unspecified atom stereocenters. The van der Waals surface area contributed by atoms with E-state index in [1.807, 2.05) is 31.2 Å². The van der Waals surface area contributed by atoms with Crippen molar-refractivity contribution in [1.29, 1.82) is 0 Å². The Morgan fingerprint density at radius 2 is 2.12 bits per heavy atom. The third kappa shape index (κ3) is 4.60. The van der Waals surface area contributed by atoms with Crippen LogP contribution in [0.2, 0.25) is 0 Å². The van der Waals surface area contributed by atoms with Gasteiger partial charge in [-0.25, -0.2) is 18.4 Å². The molecule has 7 nitrogen and oxygen atoms in total. The van der Waals surface area contributed by atoms with Gasteiger partial charge in [0.05, 0.1) is 22.8 Å². The van der Waals surface area contributed by atoms with Crippen molar-refractivity contribution in [2.75, 3.05) is 29.1 Å². The first-order valence-electron chi connectivity index (χ1n) is 8.10. The van der Waals surface area contributed by atoms with Crippen LogP contribution in [0.4, 0.5) is 5.82 Å². The Morgan fingerprint density at radius 1 is 1.32 bits per heavy atom. The number of carbonyl (C=O) groups is 1. The Bertz CT molecular complexity index is 886. The smallest absolute Gasteiger partial charge is 0.230 e. The SMILES string of the molecule is CCNc1nc(SCC(=O)N[C@H]2CCS(=O)(=O)C2)nc2ccccc12. The number of benzene rings is 1. The van der Waals surface area contributed by atoms with E-state index >= 15 is 0 Å². The van der Waals surface area contributed by atoms with Crippen molar-refractivity contribution in [3.63, 3.8) is 0 Å². The standard InChI is InChI=1S/C16H20N4O3S2/c1-2-17-15-12-5-3-4-6-13(12)19-16(20-15)24-9-14(21)18-11-7-8-25(22,23)10-11/h3-6,11H,2,7-10H2,1H3,(H,18,21)(H,17,19,20)/t11-/m0/s1. The molecule has 2 aromatic rings. The van der Waals surface area contributed by atoms with Gasteiger partial charge in [0.15, 0.2) is 15.0 Å². The van der Waals surface area contributed by atoms with E-state index in [-0.39, 0.29) is 29.2 Å². The summed E-state index contributed by atoms with van der Waals surface area (Å²) in [5.41, 5.74) is 0.818. The predicted octanol–water partition coefficient (Wildman–Crippen LogP) is 1.46. The van der Waals surface area contributed by atoms with Crippen LogP contribution >= 0.6 is 11.8 Å². The highest BCUT2D eigenvalue weighted by atomic mass is 32.2. The molecule has 1 aliphatic heterocycles. The number of hydrogen-bond acceptors (Lipinski definition) is 7. The molecule has 0 bridgehead atoms. The van der Waals surface area contributed by atoms with Crippen LogP contribution in [0, 0.1) is 0 Å². The van der Waals surface area contributed by atoms with E-state index in [2.05, 4.69) is 20.6 Å². The molecule has 2 N–H and O–H groups in total. The van der Waals surface area contributed by atoms with E-state index in [0.717, 1.165) is 23.3 Å². The fourth-order valence-electron chi connectivity index (χ4n) is 2.73. The van der Waals surface area contributed by atoms with Crippen LogP contribution < -0.4 is 10.6 Å². The van der Waals surface area contributed by atoms with Crippen molar-refractivity contribution in [3.05, 3.63) is 24.3 Å². The first-order chi connectivity index (χ1) is 12.0. The topological polar surface area (TPSA) is 101 Å². The van der Waals surface area contributed by atoms with Gasteiger partial charge in [0, 0.05) is 18.0 Å². The van der Waals surface area contributed by atoms with Crippen LogP contribution in [0.25, 0.3) is 10.9 Å². The van der Waals surface area contributed by atoms with Crippen molar-refractivity contribution >= 4 is 44.2 Å². The van der Waals surface area contributed by atoms with Gasteiger partial charge in [-0.2, -0.15) is 0 Å². The number of sulfone groups is 1. The van der Waals surface area contributed by atoms with E-state index in [0.29, 0.717) is 11.6 Å². The monoisotopic (exact) mass is 380 g/mol. The highest BCUT2D eigenvalue weighted by molar-refractivity contribution is 7.99. The number of thioether (sulfide) groups is 1. The molecule has 1 saturated heterocycles. The maximum absolute atomic E-state index is 12.1. The molecular weight excluding hydrogens is 360 g/mol. The minimum Gasteiger partial charge on any atom is -0.370 e. The number of para-hydroxylation sites is 1. The predicted molar refractivity (Wildman–Crippen MR) is 99.6 cm³/mol. The third-order valence-corrected chi connectivity index (χ3v) is 6.47. The van der Waals surface area contributed by atoms with Crippen LogP contribution in [-0.4, -0.2) is 54.1 Å². The molecular formula is C16H20N4O3S2. The van der Waals surface area contributed by atoms with Crippen LogP contribution in [0.5, 0.6) is 0 Å². The third-order valence-electron chi connectivity index (χ3n) is 3.86. The van der Waals surface area contributed by atoms with E-state index in [4.69, 9.17) is 0 Å². The fourth-order valence-corrected chi connectivity index (χ4v) is 5.07. The van der Waals surface area contributed by atoms with Gasteiger partial charge in [0.2, 0.25) is 5.91 Å². The molecule has 134 valence electrons. The Balaban J connectivity index is 1.65. The molecule has 3 rings (SSSR count). The van der Waals surface area contributed by atoms with Gasteiger partial charge >= 0.3 is 0 Å². The zero-order valence-electron chi connectivity index (χ0n) is 13.9. The number of rotatable bonds is 6. The van der Waals surface area contributed by atoms with Gasteiger partial charge in [-0.1, -0.05) is 23.9 Å². The molecule has 1 fully saturated rings. The second-order valence-electron chi connectivity index (χ2n) is 5.86. The van der Waals surface area contributed by atoms with E-state index in [9.17, 15) is 13.2 Å². The average Bonchev–Trinajstić information content (AvgIpc) is 2.92. The van der Waals surface area contributed by atoms with Crippen LogP contribution in [0.1, 0.15) is 13.3 Å². The number of nitrogens with one attached hydrogen (secondary N) is 2. The second-order valence-corrected chi connectivity index (χ2v) is 9.03. The van der Waals surface area contributed by atoms with Crippen LogP contribution in [0.3, 0.4) is 0 Å². The van der Waals surface area contributed by atoms with E-state index in [1.165, 1.54) is 11.8 Å². The average molecular weight is 380 g/mol. The summed E-state index contributed by atoms with van der Waals surface area (Å²) in [5.74, 6) is 0.873. The molecule has 0 spiro atoms. The summed E-state index contributed by atoms with van der Waals surface area (Å²) >= 11 is 1.24. The largest absolute Gasteiger partial charge is 0.370 e. The Morgan fingerprint density at radius 3 is 2.84 bits per heavy atom. The van der Waals surface area contributed by atoms with Crippen molar-refractivity contribution in [2.24, 2.45) is 0 Å². The minimum absolute atomic E-state index is 0.0282. The summed E-state index contributed by atoms with van der Waals surface area (Å²) in [7, 11) is -3.00. The molecule has 9 heteroatoms. The van der Waals surface area contributed by atoms with Crippen molar-refractivity contribution in [2.45, 2.75) is 24.5 Å². The number of hydrogen-bond donors (Lipinski definition) is 2. The maximum Gasteiger partial charge on any atom is 0.230 e. The highest BCUT2D eigenvalue weighted by Gasteiger charge is 2.28. The van der Waals surface area contributed by atoms with E-state index in [1.54, 1.807) is 0 Å². The lowest BCUT2D eigenvalue weighted by atomic mass is 10.2.